The van der Waals surface area contributed by atoms with E-state index in [-0.39, 0.29) is 11.3 Å². The van der Waals surface area contributed by atoms with Gasteiger partial charge in [-0.15, -0.1) is 0 Å². The highest BCUT2D eigenvalue weighted by Crippen LogP contribution is 2.27. The van der Waals surface area contributed by atoms with Gasteiger partial charge in [0, 0.05) is 11.3 Å². The maximum atomic E-state index is 11.2. The van der Waals surface area contributed by atoms with Gasteiger partial charge in [0.15, 0.2) is 0 Å². The predicted octanol–water partition coefficient (Wildman–Crippen LogP) is 8.17. The third-order valence-electron chi connectivity index (χ3n) is 3.57. The van der Waals surface area contributed by atoms with Crippen LogP contribution in [-0.2, 0) is 4.79 Å². The molecule has 144 valence electrons. The topological polar surface area (TPSA) is 17.1 Å². The number of rotatable bonds is 1. The Labute approximate surface area is 150 Å². The number of carbonyl (C=O) groups excluding carboxylic acids is 1. The lowest BCUT2D eigenvalue weighted by atomic mass is 9.84. The molecule has 0 heterocycles. The molecule has 0 aliphatic heterocycles. The second kappa shape index (κ2) is 19.7. The van der Waals surface area contributed by atoms with Crippen LogP contribution < -0.4 is 0 Å². The Morgan fingerprint density at radius 3 is 1.04 bits per heavy atom. The Morgan fingerprint density at radius 1 is 0.739 bits per heavy atom. The van der Waals surface area contributed by atoms with Crippen molar-refractivity contribution in [1.82, 2.24) is 0 Å². The quantitative estimate of drug-likeness (QED) is 0.473. The molecule has 0 aromatic carbocycles. The van der Waals surface area contributed by atoms with Crippen LogP contribution in [0.4, 0.5) is 0 Å². The first kappa shape index (κ1) is 30.5. The summed E-state index contributed by atoms with van der Waals surface area (Å²) in [5.74, 6) is 2.55. The molecule has 0 spiro atoms. The van der Waals surface area contributed by atoms with E-state index in [1.807, 2.05) is 76.2 Å². The molecule has 1 heteroatoms. The zero-order valence-electron chi connectivity index (χ0n) is 19.0. The lowest BCUT2D eigenvalue weighted by Gasteiger charge is -2.22. The summed E-state index contributed by atoms with van der Waals surface area (Å²) >= 11 is 0. The van der Waals surface area contributed by atoms with Crippen LogP contribution in [0.5, 0.6) is 0 Å². The fourth-order valence-electron chi connectivity index (χ4n) is 2.29. The van der Waals surface area contributed by atoms with Crippen molar-refractivity contribution in [2.75, 3.05) is 0 Å². The van der Waals surface area contributed by atoms with Gasteiger partial charge in [-0.3, -0.25) is 4.79 Å². The molecule has 0 bridgehead atoms. The minimum absolute atomic E-state index is 0.159. The van der Waals surface area contributed by atoms with E-state index in [1.54, 1.807) is 0 Å². The molecule has 0 atom stereocenters. The molecule has 1 aliphatic rings. The first-order chi connectivity index (χ1) is 10.6. The Kier molecular flexibility index (Phi) is 26.2. The van der Waals surface area contributed by atoms with Crippen LogP contribution in [0.25, 0.3) is 0 Å². The fourth-order valence-corrected chi connectivity index (χ4v) is 2.29. The van der Waals surface area contributed by atoms with Crippen LogP contribution in [0.15, 0.2) is 0 Å². The van der Waals surface area contributed by atoms with Gasteiger partial charge in [0.05, 0.1) is 0 Å². The standard InChI is InChI=1S/C8H16O.C8H16.3C2H6/c1-6(2)7(9)8(3,4)5;1-7-3-5-8(2)6-4-7;3*1-2/h6H,1-5H3;7-8H,3-6H2,1-2H3;3*1-2H3. The van der Waals surface area contributed by atoms with E-state index in [9.17, 15) is 4.79 Å². The molecular weight excluding hydrogens is 280 g/mol. The van der Waals surface area contributed by atoms with E-state index in [1.165, 1.54) is 25.7 Å². The van der Waals surface area contributed by atoms with Crippen molar-refractivity contribution in [2.24, 2.45) is 23.2 Å². The molecular formula is C22H50O. The minimum Gasteiger partial charge on any atom is -0.299 e. The molecule has 0 amide bonds. The number of hydrogen-bond acceptors (Lipinski definition) is 1. The molecule has 1 aliphatic carbocycles. The van der Waals surface area contributed by atoms with Crippen molar-refractivity contribution in [3.05, 3.63) is 0 Å². The summed E-state index contributed by atoms with van der Waals surface area (Å²) in [6.45, 7) is 26.5. The van der Waals surface area contributed by atoms with Gasteiger partial charge in [0.25, 0.3) is 0 Å². The average Bonchev–Trinajstić information content (AvgIpc) is 2.55. The molecule has 0 N–H and O–H groups in total. The van der Waals surface area contributed by atoms with E-state index in [2.05, 4.69) is 13.8 Å². The predicted molar refractivity (Wildman–Crippen MR) is 110 cm³/mol. The van der Waals surface area contributed by atoms with Gasteiger partial charge in [-0.05, 0) is 11.8 Å². The third kappa shape index (κ3) is 21.7. The van der Waals surface area contributed by atoms with Gasteiger partial charge in [0.1, 0.15) is 5.78 Å². The van der Waals surface area contributed by atoms with E-state index in [4.69, 9.17) is 0 Å². The Morgan fingerprint density at radius 2 is 0.957 bits per heavy atom. The highest BCUT2D eigenvalue weighted by atomic mass is 16.1. The molecule has 0 saturated heterocycles. The lowest BCUT2D eigenvalue weighted by Crippen LogP contribution is -2.24. The summed E-state index contributed by atoms with van der Waals surface area (Å²) < 4.78 is 0. The summed E-state index contributed by atoms with van der Waals surface area (Å²) in [7, 11) is 0. The van der Waals surface area contributed by atoms with Crippen LogP contribution in [-0.4, -0.2) is 5.78 Å². The van der Waals surface area contributed by atoms with Crippen LogP contribution in [0, 0.1) is 23.2 Å². The number of carbonyl (C=O) groups is 1. The van der Waals surface area contributed by atoms with Crippen LogP contribution >= 0.6 is 0 Å². The summed E-state index contributed by atoms with van der Waals surface area (Å²) in [4.78, 5) is 11.2. The van der Waals surface area contributed by atoms with Crippen molar-refractivity contribution >= 4 is 5.78 Å². The van der Waals surface area contributed by atoms with E-state index < -0.39 is 0 Å². The maximum absolute atomic E-state index is 11.2. The van der Waals surface area contributed by atoms with Gasteiger partial charge in [-0.1, -0.05) is 116 Å². The number of hydrogen-bond donors (Lipinski definition) is 0. The Hall–Kier alpha value is -0.330. The van der Waals surface area contributed by atoms with Crippen molar-refractivity contribution in [3.8, 4) is 0 Å². The summed E-state index contributed by atoms with van der Waals surface area (Å²) in [6, 6.07) is 0. The van der Waals surface area contributed by atoms with Crippen LogP contribution in [0.1, 0.15) is 116 Å². The van der Waals surface area contributed by atoms with Gasteiger partial charge in [-0.25, -0.2) is 0 Å². The molecule has 0 aromatic rings. The first-order valence-electron chi connectivity index (χ1n) is 10.2. The van der Waals surface area contributed by atoms with Gasteiger partial charge in [0.2, 0.25) is 0 Å². The molecule has 1 nitrogen and oxygen atoms in total. The number of ketones is 1. The van der Waals surface area contributed by atoms with E-state index in [0.717, 1.165) is 11.8 Å². The van der Waals surface area contributed by atoms with E-state index in [0.29, 0.717) is 5.78 Å². The summed E-state index contributed by atoms with van der Waals surface area (Å²) in [5.41, 5.74) is -0.159. The van der Waals surface area contributed by atoms with Crippen molar-refractivity contribution in [3.63, 3.8) is 0 Å². The van der Waals surface area contributed by atoms with Crippen molar-refractivity contribution in [2.45, 2.75) is 116 Å². The molecule has 1 rings (SSSR count). The van der Waals surface area contributed by atoms with Crippen LogP contribution in [0.3, 0.4) is 0 Å². The zero-order valence-corrected chi connectivity index (χ0v) is 19.0. The van der Waals surface area contributed by atoms with Crippen molar-refractivity contribution < 1.29 is 4.79 Å². The summed E-state index contributed by atoms with van der Waals surface area (Å²) in [5, 5.41) is 0. The highest BCUT2D eigenvalue weighted by molar-refractivity contribution is 5.85. The monoisotopic (exact) mass is 330 g/mol. The molecule has 1 fully saturated rings. The normalized spacial score (nSPS) is 19.4. The van der Waals surface area contributed by atoms with E-state index >= 15 is 0 Å². The first-order valence-corrected chi connectivity index (χ1v) is 10.2. The molecule has 0 radical (unpaired) electrons. The molecule has 0 unspecified atom stereocenters. The zero-order chi connectivity index (χ0) is 19.6. The van der Waals surface area contributed by atoms with Crippen LogP contribution in [0.2, 0.25) is 0 Å². The van der Waals surface area contributed by atoms with Gasteiger partial charge >= 0.3 is 0 Å². The lowest BCUT2D eigenvalue weighted by molar-refractivity contribution is -0.129. The Bertz CT molecular complexity index is 205. The molecule has 23 heavy (non-hydrogen) atoms. The van der Waals surface area contributed by atoms with Crippen molar-refractivity contribution in [1.29, 1.82) is 0 Å². The summed E-state index contributed by atoms with van der Waals surface area (Å²) in [6.07, 6.45) is 5.89. The second-order valence-electron chi connectivity index (χ2n) is 7.13. The highest BCUT2D eigenvalue weighted by Gasteiger charge is 2.23. The minimum atomic E-state index is -0.159. The second-order valence-corrected chi connectivity index (χ2v) is 7.13. The number of Topliss-reactive ketones (excluding diaryl/α,β-unsaturated/α-hetero) is 1. The third-order valence-corrected chi connectivity index (χ3v) is 3.57. The fraction of sp³-hybridized carbons (Fsp3) is 0.955. The largest absolute Gasteiger partial charge is 0.299 e. The van der Waals surface area contributed by atoms with Gasteiger partial charge in [-0.2, -0.15) is 0 Å². The average molecular weight is 331 g/mol. The SMILES string of the molecule is CC.CC.CC.CC(C)C(=O)C(C)(C)C.CC1CCC(C)CC1. The molecule has 0 aromatic heterocycles. The Balaban J connectivity index is -0.000000119. The maximum Gasteiger partial charge on any atom is 0.140 e. The van der Waals surface area contributed by atoms with Gasteiger partial charge < -0.3 is 0 Å². The smallest absolute Gasteiger partial charge is 0.140 e. The molecule has 1 saturated carbocycles.